The zero-order valence-corrected chi connectivity index (χ0v) is 22.1. The highest BCUT2D eigenvalue weighted by molar-refractivity contribution is 8.45. The van der Waals surface area contributed by atoms with Gasteiger partial charge in [0.05, 0.1) is 4.90 Å². The first-order chi connectivity index (χ1) is 18.0. The van der Waals surface area contributed by atoms with Gasteiger partial charge in [-0.1, -0.05) is 25.5 Å². The van der Waals surface area contributed by atoms with Crippen molar-refractivity contribution < 1.29 is 32.2 Å². The van der Waals surface area contributed by atoms with E-state index >= 15 is 4.39 Å². The molecule has 4 aromatic rings. The highest BCUT2D eigenvalue weighted by Gasteiger charge is 2.65. The van der Waals surface area contributed by atoms with Crippen molar-refractivity contribution in [3.05, 3.63) is 78.5 Å². The Balaban J connectivity index is 1.26. The average molecular weight is 591 g/mol. The van der Waals surface area contributed by atoms with E-state index in [-0.39, 0.29) is 35.3 Å². The molecule has 1 aliphatic rings. The van der Waals surface area contributed by atoms with Gasteiger partial charge in [0.2, 0.25) is 10.0 Å². The van der Waals surface area contributed by atoms with Crippen LogP contribution in [0, 0.1) is 12.7 Å². The van der Waals surface area contributed by atoms with Gasteiger partial charge in [-0.2, -0.15) is 4.31 Å². The number of sulfonamides is 1. The van der Waals surface area contributed by atoms with Crippen molar-refractivity contribution in [1.29, 1.82) is 0 Å². The first-order valence-electron chi connectivity index (χ1n) is 11.9. The highest BCUT2D eigenvalue weighted by Crippen LogP contribution is 3.02. The third-order valence-corrected chi connectivity index (χ3v) is 9.76. The van der Waals surface area contributed by atoms with Crippen LogP contribution in [0.1, 0.15) is 18.5 Å². The number of anilines is 1. The Kier molecular flexibility index (Phi) is 6.05. The number of piperidine rings is 1. The third kappa shape index (κ3) is 5.58. The lowest BCUT2D eigenvalue weighted by Gasteiger charge is -2.40. The second-order valence-electron chi connectivity index (χ2n) is 9.50. The lowest BCUT2D eigenvalue weighted by atomic mass is 10.1. The SMILES string of the molecule is Cc1cnc2ccc(-c3ccc(S(=O)(=O)N4CCC(Nc5ccc(S(F)(F)(F)(F)F)cc5)CC4)cc3F)cn12. The molecule has 0 radical (unpaired) electrons. The third-order valence-electron chi connectivity index (χ3n) is 6.70. The quantitative estimate of drug-likeness (QED) is 0.238. The van der Waals surface area contributed by atoms with Gasteiger partial charge in [0, 0.05) is 54.0 Å². The van der Waals surface area contributed by atoms with E-state index in [1.54, 1.807) is 28.9 Å². The molecule has 0 unspecified atom stereocenters. The molecule has 6 nitrogen and oxygen atoms in total. The van der Waals surface area contributed by atoms with Gasteiger partial charge in [-0.15, -0.1) is 0 Å². The molecule has 0 amide bonds. The number of benzene rings is 2. The van der Waals surface area contributed by atoms with Crippen LogP contribution in [-0.4, -0.2) is 41.2 Å². The number of fused-ring (bicyclic) bond motifs is 1. The topological polar surface area (TPSA) is 66.7 Å². The number of pyridine rings is 1. The summed E-state index contributed by atoms with van der Waals surface area (Å²) in [6.45, 7) is 2.03. The molecule has 0 atom stereocenters. The summed E-state index contributed by atoms with van der Waals surface area (Å²) in [6, 6.07) is 9.42. The van der Waals surface area contributed by atoms with Crippen LogP contribution in [0.15, 0.2) is 76.8 Å². The van der Waals surface area contributed by atoms with Crippen LogP contribution in [0.25, 0.3) is 16.8 Å². The van der Waals surface area contributed by atoms with E-state index in [2.05, 4.69) is 10.3 Å². The van der Waals surface area contributed by atoms with Gasteiger partial charge in [0.1, 0.15) is 16.4 Å². The number of rotatable bonds is 6. The number of halogens is 6. The molecule has 210 valence electrons. The normalized spacial score (nSPS) is 17.6. The summed E-state index contributed by atoms with van der Waals surface area (Å²) in [4.78, 5) is 2.06. The Morgan fingerprint density at radius 3 is 2.23 bits per heavy atom. The predicted molar refractivity (Wildman–Crippen MR) is 139 cm³/mol. The zero-order chi connectivity index (χ0) is 28.3. The molecule has 0 aliphatic carbocycles. The monoisotopic (exact) mass is 590 g/mol. The van der Waals surface area contributed by atoms with Gasteiger partial charge in [-0.05, 0) is 68.3 Å². The average Bonchev–Trinajstić information content (AvgIpc) is 3.23. The Morgan fingerprint density at radius 2 is 1.62 bits per heavy atom. The summed E-state index contributed by atoms with van der Waals surface area (Å²) in [5, 5.41) is 2.96. The maximum absolute atomic E-state index is 15.1. The number of hydrogen-bond donors (Lipinski definition) is 1. The van der Waals surface area contributed by atoms with E-state index in [9.17, 15) is 27.8 Å². The van der Waals surface area contributed by atoms with E-state index in [0.717, 1.165) is 23.9 Å². The van der Waals surface area contributed by atoms with E-state index in [1.807, 2.05) is 6.92 Å². The van der Waals surface area contributed by atoms with Crippen molar-refractivity contribution in [2.45, 2.75) is 35.6 Å². The van der Waals surface area contributed by atoms with Crippen molar-refractivity contribution in [2.24, 2.45) is 0 Å². The summed E-state index contributed by atoms with van der Waals surface area (Å²) >= 11 is 0. The lowest BCUT2D eigenvalue weighted by Crippen LogP contribution is -2.42. The van der Waals surface area contributed by atoms with Crippen molar-refractivity contribution >= 4 is 31.6 Å². The number of nitrogens with one attached hydrogen (secondary N) is 1. The fraction of sp³-hybridized carbons (Fsp3) is 0.240. The Morgan fingerprint density at radius 1 is 0.949 bits per heavy atom. The maximum Gasteiger partial charge on any atom is 0.310 e. The fourth-order valence-corrected chi connectivity index (χ4v) is 6.72. The highest BCUT2D eigenvalue weighted by atomic mass is 32.5. The largest absolute Gasteiger partial charge is 0.382 e. The van der Waals surface area contributed by atoms with Gasteiger partial charge in [-0.3, -0.25) is 0 Å². The van der Waals surface area contributed by atoms with Crippen LogP contribution in [0.2, 0.25) is 0 Å². The first-order valence-corrected chi connectivity index (χ1v) is 15.2. The molecule has 1 aliphatic heterocycles. The minimum atomic E-state index is -9.75. The lowest BCUT2D eigenvalue weighted by molar-refractivity contribution is 0.329. The van der Waals surface area contributed by atoms with Crippen LogP contribution in [0.3, 0.4) is 0 Å². The fourth-order valence-electron chi connectivity index (χ4n) is 4.59. The molecule has 0 saturated carbocycles. The predicted octanol–water partition coefficient (Wildman–Crippen LogP) is 7.37. The van der Waals surface area contributed by atoms with Gasteiger partial charge in [0.15, 0.2) is 0 Å². The molecule has 3 heterocycles. The van der Waals surface area contributed by atoms with Crippen molar-refractivity contribution in [3.8, 4) is 11.1 Å². The minimum Gasteiger partial charge on any atom is -0.382 e. The summed E-state index contributed by atoms with van der Waals surface area (Å²) < 4.78 is 109. The molecular weight excluding hydrogens is 566 g/mol. The van der Waals surface area contributed by atoms with Crippen LogP contribution in [-0.2, 0) is 10.0 Å². The van der Waals surface area contributed by atoms with Gasteiger partial charge < -0.3 is 9.72 Å². The van der Waals surface area contributed by atoms with E-state index < -0.39 is 31.0 Å². The van der Waals surface area contributed by atoms with Gasteiger partial charge in [-0.25, -0.2) is 17.8 Å². The number of aryl methyl sites for hydroxylation is 1. The molecule has 0 bridgehead atoms. The summed E-state index contributed by atoms with van der Waals surface area (Å²) in [6.07, 6.45) is 4.04. The van der Waals surface area contributed by atoms with Gasteiger partial charge >= 0.3 is 10.2 Å². The van der Waals surface area contributed by atoms with Gasteiger partial charge in [0.25, 0.3) is 0 Å². The minimum absolute atomic E-state index is 0.0868. The smallest absolute Gasteiger partial charge is 0.310 e. The molecule has 1 N–H and O–H groups in total. The van der Waals surface area contributed by atoms with E-state index in [4.69, 9.17) is 0 Å². The van der Waals surface area contributed by atoms with Crippen molar-refractivity contribution in [2.75, 3.05) is 18.4 Å². The molecule has 2 aromatic heterocycles. The van der Waals surface area contributed by atoms with Crippen LogP contribution in [0.4, 0.5) is 29.5 Å². The number of aromatic nitrogens is 2. The molecule has 39 heavy (non-hydrogen) atoms. The molecular formula is C25H24F6N4O2S2. The second-order valence-corrected chi connectivity index (χ2v) is 13.9. The summed E-state index contributed by atoms with van der Waals surface area (Å²) in [5.74, 6) is -0.695. The molecule has 0 spiro atoms. The Bertz CT molecular complexity index is 1670. The van der Waals surface area contributed by atoms with Crippen LogP contribution < -0.4 is 5.32 Å². The Labute approximate surface area is 221 Å². The van der Waals surface area contributed by atoms with Crippen molar-refractivity contribution in [1.82, 2.24) is 13.7 Å². The molecule has 5 rings (SSSR count). The second kappa shape index (κ2) is 8.63. The zero-order valence-electron chi connectivity index (χ0n) is 20.5. The van der Waals surface area contributed by atoms with E-state index in [0.29, 0.717) is 36.2 Å². The maximum atomic E-state index is 15.1. The molecule has 1 saturated heterocycles. The molecule has 1 fully saturated rings. The Hall–Kier alpha value is -3.23. The van der Waals surface area contributed by atoms with Crippen molar-refractivity contribution in [3.63, 3.8) is 0 Å². The van der Waals surface area contributed by atoms with E-state index in [1.165, 1.54) is 16.4 Å². The number of hydrogen-bond acceptors (Lipinski definition) is 4. The number of nitrogens with zero attached hydrogens (tertiary/aromatic N) is 3. The number of imidazole rings is 1. The summed E-state index contributed by atoms with van der Waals surface area (Å²) in [5.41, 5.74) is 2.58. The molecule has 14 heteroatoms. The van der Waals surface area contributed by atoms with Crippen LogP contribution >= 0.6 is 10.2 Å². The van der Waals surface area contributed by atoms with Crippen LogP contribution in [0.5, 0.6) is 0 Å². The molecule has 2 aromatic carbocycles. The standard InChI is InChI=1S/C25H24F6N4O2S2/c1-17-15-32-25-9-2-18(16-35(17)25)23-8-5-21(14-24(23)26)38(36,37)34-12-10-20(11-13-34)33-19-3-6-22(7-4-19)39(27,28,29,30)31/h2-9,14-16,20,33H,10-13H2,1H3. The first kappa shape index (κ1) is 27.3. The summed E-state index contributed by atoms with van der Waals surface area (Å²) in [7, 11) is -13.8.